The minimum absolute atomic E-state index is 0.00789. The second kappa shape index (κ2) is 10.8. The summed E-state index contributed by atoms with van der Waals surface area (Å²) >= 11 is 6.56. The number of halogens is 3. The number of alkyl halides is 1. The Bertz CT molecular complexity index is 2000. The van der Waals surface area contributed by atoms with Crippen LogP contribution in [0.1, 0.15) is 38.5 Å². The summed E-state index contributed by atoms with van der Waals surface area (Å²) in [5.41, 5.74) is -1.35. The fourth-order valence-corrected chi connectivity index (χ4v) is 10.5. The third kappa shape index (κ3) is 4.69. The zero-order chi connectivity index (χ0) is 31.8. The van der Waals surface area contributed by atoms with Crippen molar-refractivity contribution in [1.29, 1.82) is 0 Å². The Morgan fingerprint density at radius 2 is 2.04 bits per heavy atom. The van der Waals surface area contributed by atoms with Crippen molar-refractivity contribution in [2.24, 2.45) is 0 Å². The van der Waals surface area contributed by atoms with Crippen molar-refractivity contribution in [1.82, 2.24) is 25.2 Å². The number of piperidine rings is 1. The molecule has 10 nitrogen and oxygen atoms in total. The predicted molar refractivity (Wildman–Crippen MR) is 171 cm³/mol. The fourth-order valence-electron chi connectivity index (χ4n) is 8.13. The SMILES string of the molecule is O=S1(=O)CCC2(CCCNC2)N1c1nc(OC[C@@]23CCCN2C[C@H](F)C3)nc2c(F)c(-c3cc(O)cc4cccc(Cl)c34)ncc12. The molecule has 0 radical (unpaired) electrons. The number of anilines is 1. The first-order valence-corrected chi connectivity index (χ1v) is 17.6. The molecule has 4 aromatic rings. The van der Waals surface area contributed by atoms with Gasteiger partial charge in [0.2, 0.25) is 10.0 Å². The molecule has 6 heterocycles. The van der Waals surface area contributed by atoms with Gasteiger partial charge >= 0.3 is 6.01 Å². The largest absolute Gasteiger partial charge is 0.508 e. The van der Waals surface area contributed by atoms with Crippen LogP contribution in [0.5, 0.6) is 11.8 Å². The lowest BCUT2D eigenvalue weighted by Crippen LogP contribution is -2.55. The number of nitrogens with one attached hydrogen (secondary N) is 1. The fraction of sp³-hybridized carbons (Fsp3) is 0.469. The van der Waals surface area contributed by atoms with Crippen molar-refractivity contribution in [3.8, 4) is 23.0 Å². The van der Waals surface area contributed by atoms with E-state index in [0.717, 1.165) is 32.4 Å². The quantitative estimate of drug-likeness (QED) is 0.304. The molecule has 0 bridgehead atoms. The summed E-state index contributed by atoms with van der Waals surface area (Å²) < 4.78 is 66.3. The van der Waals surface area contributed by atoms with Crippen LogP contribution in [0.4, 0.5) is 14.6 Å². The average Bonchev–Trinajstić information content (AvgIpc) is 3.63. The summed E-state index contributed by atoms with van der Waals surface area (Å²) in [6.45, 7) is 2.37. The van der Waals surface area contributed by atoms with E-state index in [9.17, 15) is 17.9 Å². The van der Waals surface area contributed by atoms with E-state index in [1.165, 1.54) is 22.6 Å². The number of fused-ring (bicyclic) bond motifs is 3. The van der Waals surface area contributed by atoms with Crippen molar-refractivity contribution in [2.75, 3.05) is 42.8 Å². The van der Waals surface area contributed by atoms with Gasteiger partial charge in [0.05, 0.1) is 22.2 Å². The van der Waals surface area contributed by atoms with Crippen LogP contribution >= 0.6 is 11.6 Å². The summed E-state index contributed by atoms with van der Waals surface area (Å²) in [4.78, 5) is 15.7. The smallest absolute Gasteiger partial charge is 0.319 e. The van der Waals surface area contributed by atoms with Crippen molar-refractivity contribution in [2.45, 2.75) is 55.8 Å². The molecule has 3 atom stereocenters. The van der Waals surface area contributed by atoms with Crippen LogP contribution in [0.25, 0.3) is 32.9 Å². The molecule has 0 amide bonds. The van der Waals surface area contributed by atoms with Crippen molar-refractivity contribution < 1.29 is 27.0 Å². The van der Waals surface area contributed by atoms with Crippen LogP contribution in [0.3, 0.4) is 0 Å². The molecule has 0 saturated carbocycles. The summed E-state index contributed by atoms with van der Waals surface area (Å²) in [6, 6.07) is 7.88. The standard InChI is InChI=1S/C32H33ClF2N6O4S/c33-24-5-1-4-19-12-21(42)13-22(25(19)24)27-26(35)28-23(15-37-27)29(41-31(6-2-9-36-17-31)8-11-46(41,43)44)39-30(38-28)45-18-32-7-3-10-40(32)16-20(34)14-32/h1,4-5,12-13,15,20,36,42H,2-3,6-11,14,16-18H2/t20-,31?,32+/m1/s1. The lowest BCUT2D eigenvalue weighted by atomic mass is 9.87. The number of sulfonamides is 1. The number of aromatic hydroxyl groups is 1. The average molecular weight is 671 g/mol. The van der Waals surface area contributed by atoms with Crippen LogP contribution in [0.15, 0.2) is 36.5 Å². The lowest BCUT2D eigenvalue weighted by molar-refractivity contribution is 0.107. The molecule has 4 saturated heterocycles. The number of ether oxygens (including phenoxy) is 1. The first-order valence-electron chi connectivity index (χ1n) is 15.6. The zero-order valence-corrected chi connectivity index (χ0v) is 26.5. The molecular weight excluding hydrogens is 638 g/mol. The van der Waals surface area contributed by atoms with E-state index >= 15 is 4.39 Å². The Balaban J connectivity index is 1.32. The molecule has 8 rings (SSSR count). The van der Waals surface area contributed by atoms with Gasteiger partial charge in [-0.2, -0.15) is 9.97 Å². The number of pyridine rings is 1. The summed E-state index contributed by atoms with van der Waals surface area (Å²) in [6.07, 6.45) is 4.14. The zero-order valence-electron chi connectivity index (χ0n) is 25.0. The Morgan fingerprint density at radius 1 is 1.17 bits per heavy atom. The molecule has 1 spiro atoms. The molecule has 0 aliphatic carbocycles. The molecule has 1 unspecified atom stereocenters. The van der Waals surface area contributed by atoms with Crippen LogP contribution in [0.2, 0.25) is 5.02 Å². The Morgan fingerprint density at radius 3 is 2.87 bits per heavy atom. The van der Waals surface area contributed by atoms with Gasteiger partial charge in [0, 0.05) is 41.7 Å². The van der Waals surface area contributed by atoms with Gasteiger partial charge in [-0.05, 0) is 68.8 Å². The van der Waals surface area contributed by atoms with E-state index in [1.54, 1.807) is 18.2 Å². The lowest BCUT2D eigenvalue weighted by Gasteiger charge is -2.41. The Hall–Kier alpha value is -3.39. The normalized spacial score (nSPS) is 27.6. The third-order valence-electron chi connectivity index (χ3n) is 10.2. The molecule has 2 N–H and O–H groups in total. The third-order valence-corrected chi connectivity index (χ3v) is 12.4. The van der Waals surface area contributed by atoms with Crippen LogP contribution in [-0.2, 0) is 10.0 Å². The van der Waals surface area contributed by atoms with E-state index < -0.39 is 33.1 Å². The molecule has 242 valence electrons. The number of nitrogens with zero attached hydrogens (tertiary/aromatic N) is 5. The van der Waals surface area contributed by atoms with E-state index in [-0.39, 0.29) is 52.1 Å². The van der Waals surface area contributed by atoms with Crippen molar-refractivity contribution in [3.05, 3.63) is 47.4 Å². The highest BCUT2D eigenvalue weighted by Crippen LogP contribution is 2.45. The van der Waals surface area contributed by atoms with E-state index in [1.807, 2.05) is 0 Å². The van der Waals surface area contributed by atoms with Crippen molar-refractivity contribution >= 4 is 49.1 Å². The van der Waals surface area contributed by atoms with E-state index in [4.69, 9.17) is 16.3 Å². The number of hydrogen-bond donors (Lipinski definition) is 2. The first kappa shape index (κ1) is 30.0. The van der Waals surface area contributed by atoms with Gasteiger partial charge in [0.25, 0.3) is 0 Å². The van der Waals surface area contributed by atoms with Gasteiger partial charge in [-0.15, -0.1) is 0 Å². The number of phenols is 1. The minimum atomic E-state index is -3.84. The van der Waals surface area contributed by atoms with Gasteiger partial charge in [-0.1, -0.05) is 23.7 Å². The molecule has 4 aliphatic heterocycles. The molecule has 4 aliphatic rings. The molecule has 4 fully saturated rings. The Labute approximate surface area is 269 Å². The summed E-state index contributed by atoms with van der Waals surface area (Å²) in [5.74, 6) is -1.01. The van der Waals surface area contributed by atoms with Gasteiger partial charge < -0.3 is 15.2 Å². The maximum Gasteiger partial charge on any atom is 0.319 e. The van der Waals surface area contributed by atoms with Crippen LogP contribution < -0.4 is 14.4 Å². The van der Waals surface area contributed by atoms with Crippen molar-refractivity contribution in [3.63, 3.8) is 0 Å². The summed E-state index contributed by atoms with van der Waals surface area (Å²) in [7, 11) is -3.84. The van der Waals surface area contributed by atoms with E-state index in [2.05, 4.69) is 25.2 Å². The Kier molecular flexibility index (Phi) is 7.06. The molecule has 14 heteroatoms. The van der Waals surface area contributed by atoms with Gasteiger partial charge in [0.15, 0.2) is 11.6 Å². The number of aromatic nitrogens is 3. The van der Waals surface area contributed by atoms with E-state index in [0.29, 0.717) is 48.1 Å². The monoisotopic (exact) mass is 670 g/mol. The maximum atomic E-state index is 16.9. The topological polar surface area (TPSA) is 121 Å². The second-order valence-corrected chi connectivity index (χ2v) is 15.4. The number of hydrogen-bond acceptors (Lipinski definition) is 9. The highest BCUT2D eigenvalue weighted by atomic mass is 35.5. The number of rotatable bonds is 5. The molecule has 2 aromatic heterocycles. The maximum absolute atomic E-state index is 16.9. The highest BCUT2D eigenvalue weighted by molar-refractivity contribution is 7.93. The van der Waals surface area contributed by atoms with Gasteiger partial charge in [0.1, 0.15) is 29.7 Å². The molecular formula is C32H33ClF2N6O4S. The minimum Gasteiger partial charge on any atom is -0.508 e. The van der Waals surface area contributed by atoms with Crippen LogP contribution in [0, 0.1) is 5.82 Å². The number of benzene rings is 2. The predicted octanol–water partition coefficient (Wildman–Crippen LogP) is 4.96. The van der Waals surface area contributed by atoms with Crippen LogP contribution in [-0.4, -0.2) is 89.2 Å². The first-order chi connectivity index (χ1) is 22.1. The molecule has 46 heavy (non-hydrogen) atoms. The van der Waals surface area contributed by atoms with Gasteiger partial charge in [-0.25, -0.2) is 21.5 Å². The van der Waals surface area contributed by atoms with Gasteiger partial charge in [-0.3, -0.25) is 9.88 Å². The molecule has 2 aromatic carbocycles. The second-order valence-electron chi connectivity index (χ2n) is 13.0. The summed E-state index contributed by atoms with van der Waals surface area (Å²) in [5, 5.41) is 15.4. The number of phenolic OH excluding ortho intramolecular Hbond substituents is 1. The highest BCUT2D eigenvalue weighted by Gasteiger charge is 2.52.